The molecule has 13 heavy (non-hydrogen) atoms. The Labute approximate surface area is 77.3 Å². The normalized spacial score (nSPS) is 10.4. The van der Waals surface area contributed by atoms with Gasteiger partial charge >= 0.3 is 0 Å². The first-order valence-corrected chi connectivity index (χ1v) is 4.39. The summed E-state index contributed by atoms with van der Waals surface area (Å²) in [4.78, 5) is 7.58. The van der Waals surface area contributed by atoms with E-state index in [9.17, 15) is 8.42 Å². The molecule has 0 aliphatic heterocycles. The molecule has 0 aliphatic rings. The summed E-state index contributed by atoms with van der Waals surface area (Å²) in [6.45, 7) is 3.58. The molecular weight excluding hydrogens is 194 g/mol. The predicted octanol–water partition coefficient (Wildman–Crippen LogP) is -0.447. The van der Waals surface area contributed by atoms with Crippen LogP contribution in [0.4, 0.5) is 5.95 Å². The monoisotopic (exact) mass is 202 g/mol. The van der Waals surface area contributed by atoms with E-state index in [2.05, 4.69) is 21.2 Å². The molecule has 0 saturated carbocycles. The second kappa shape index (κ2) is 4.15. The van der Waals surface area contributed by atoms with E-state index in [1.54, 1.807) is 0 Å². The van der Waals surface area contributed by atoms with E-state index in [4.69, 9.17) is 0 Å². The van der Waals surface area contributed by atoms with Gasteiger partial charge in [0.1, 0.15) is 0 Å². The molecule has 0 amide bonds. The van der Waals surface area contributed by atoms with Gasteiger partial charge in [-0.05, 0) is 12.5 Å². The van der Waals surface area contributed by atoms with Crippen LogP contribution in [0.25, 0.3) is 0 Å². The molecular formula is C6H8N3O3S. The van der Waals surface area contributed by atoms with Crippen LogP contribution in [0, 0.1) is 6.92 Å². The Morgan fingerprint density at radius 1 is 1.46 bits per heavy atom. The zero-order chi connectivity index (χ0) is 9.84. The van der Waals surface area contributed by atoms with Gasteiger partial charge in [-0.15, -0.1) is 4.28 Å². The maximum absolute atomic E-state index is 10.2. The third-order valence-corrected chi connectivity index (χ3v) is 1.54. The maximum Gasteiger partial charge on any atom is 0.278 e. The standard InChI is InChI=1S/C6H8N3O3S/c1-5-3-7-6(8-4-5)9(2)12-13(10)11/h3-4,13H,1H2,2H3. The Balaban J connectivity index is 2.77. The highest BCUT2D eigenvalue weighted by Gasteiger charge is 2.04. The van der Waals surface area contributed by atoms with Gasteiger partial charge in [0.25, 0.3) is 16.9 Å². The molecule has 0 bridgehead atoms. The lowest BCUT2D eigenvalue weighted by Gasteiger charge is -2.10. The summed E-state index contributed by atoms with van der Waals surface area (Å²) >= 11 is 0. The zero-order valence-corrected chi connectivity index (χ0v) is 7.77. The van der Waals surface area contributed by atoms with Crippen LogP contribution in [-0.4, -0.2) is 25.4 Å². The molecule has 0 aliphatic carbocycles. The lowest BCUT2D eigenvalue weighted by molar-refractivity contribution is 0.313. The van der Waals surface area contributed by atoms with E-state index >= 15 is 0 Å². The first-order valence-electron chi connectivity index (χ1n) is 3.30. The summed E-state index contributed by atoms with van der Waals surface area (Å²) < 4.78 is 24.6. The van der Waals surface area contributed by atoms with Crippen molar-refractivity contribution in [1.29, 1.82) is 0 Å². The number of hydroxylamine groups is 1. The minimum absolute atomic E-state index is 0.159. The molecule has 0 unspecified atom stereocenters. The van der Waals surface area contributed by atoms with Crippen LogP contribution < -0.4 is 5.06 Å². The van der Waals surface area contributed by atoms with Crippen molar-refractivity contribution < 1.29 is 12.7 Å². The van der Waals surface area contributed by atoms with Crippen molar-refractivity contribution in [3.63, 3.8) is 0 Å². The molecule has 1 radical (unpaired) electrons. The minimum Gasteiger partial charge on any atom is -0.219 e. The Kier molecular flexibility index (Phi) is 3.15. The highest BCUT2D eigenvalue weighted by atomic mass is 32.2. The average Bonchev–Trinajstić information content (AvgIpc) is 2.04. The molecule has 1 aromatic rings. The van der Waals surface area contributed by atoms with Gasteiger partial charge in [0.15, 0.2) is 0 Å². The van der Waals surface area contributed by atoms with Crippen molar-refractivity contribution >= 4 is 16.9 Å². The second-order valence-corrected chi connectivity index (χ2v) is 2.80. The van der Waals surface area contributed by atoms with Gasteiger partial charge in [-0.2, -0.15) is 0 Å². The largest absolute Gasteiger partial charge is 0.278 e. The van der Waals surface area contributed by atoms with Gasteiger partial charge in [-0.1, -0.05) is 0 Å². The number of aromatic nitrogens is 2. The topological polar surface area (TPSA) is 72.4 Å². The van der Waals surface area contributed by atoms with Crippen molar-refractivity contribution in [2.75, 3.05) is 12.1 Å². The molecule has 1 rings (SSSR count). The van der Waals surface area contributed by atoms with Crippen LogP contribution >= 0.6 is 0 Å². The van der Waals surface area contributed by atoms with E-state index in [0.717, 1.165) is 5.06 Å². The molecule has 0 N–H and O–H groups in total. The van der Waals surface area contributed by atoms with Crippen LogP contribution in [0.2, 0.25) is 0 Å². The van der Waals surface area contributed by atoms with E-state index in [0.29, 0.717) is 5.56 Å². The third kappa shape index (κ3) is 2.96. The molecule has 0 aromatic carbocycles. The Morgan fingerprint density at radius 2 is 2.00 bits per heavy atom. The van der Waals surface area contributed by atoms with E-state index in [1.807, 2.05) is 0 Å². The number of anilines is 1. The van der Waals surface area contributed by atoms with Crippen molar-refractivity contribution in [3.05, 3.63) is 24.9 Å². The van der Waals surface area contributed by atoms with E-state index in [1.165, 1.54) is 19.4 Å². The molecule has 0 fully saturated rings. The van der Waals surface area contributed by atoms with Crippen molar-refractivity contribution in [2.45, 2.75) is 0 Å². The van der Waals surface area contributed by atoms with Gasteiger partial charge in [-0.25, -0.2) is 23.4 Å². The Morgan fingerprint density at radius 3 is 2.46 bits per heavy atom. The fraction of sp³-hybridized carbons (Fsp3) is 0.167. The van der Waals surface area contributed by atoms with Crippen LogP contribution in [-0.2, 0) is 15.3 Å². The number of hydrogen-bond acceptors (Lipinski definition) is 6. The smallest absolute Gasteiger partial charge is 0.219 e. The Hall–Kier alpha value is -1.21. The summed E-state index contributed by atoms with van der Waals surface area (Å²) in [6.07, 6.45) is 2.92. The molecule has 1 aromatic heterocycles. The first kappa shape index (κ1) is 9.87. The summed E-state index contributed by atoms with van der Waals surface area (Å²) in [5, 5.41) is 0.950. The molecule has 0 atom stereocenters. The summed E-state index contributed by atoms with van der Waals surface area (Å²) in [6, 6.07) is 0. The summed E-state index contributed by atoms with van der Waals surface area (Å²) in [5.41, 5.74) is 0.642. The van der Waals surface area contributed by atoms with Gasteiger partial charge in [0.05, 0.1) is 0 Å². The summed E-state index contributed by atoms with van der Waals surface area (Å²) in [7, 11) is -1.55. The molecule has 0 spiro atoms. The lowest BCUT2D eigenvalue weighted by Crippen LogP contribution is -2.19. The SMILES string of the molecule is [CH2]c1cnc(N(C)O[SH](=O)=O)nc1. The molecule has 6 nitrogen and oxygen atoms in total. The zero-order valence-electron chi connectivity index (χ0n) is 6.88. The fourth-order valence-corrected chi connectivity index (χ4v) is 0.920. The highest BCUT2D eigenvalue weighted by molar-refractivity contribution is 7.67. The van der Waals surface area contributed by atoms with Gasteiger partial charge < -0.3 is 0 Å². The van der Waals surface area contributed by atoms with Crippen LogP contribution in [0.5, 0.6) is 0 Å². The lowest BCUT2D eigenvalue weighted by atomic mass is 10.4. The van der Waals surface area contributed by atoms with E-state index in [-0.39, 0.29) is 5.95 Å². The maximum atomic E-state index is 10.2. The quantitative estimate of drug-likeness (QED) is 0.529. The number of thiol groups is 1. The van der Waals surface area contributed by atoms with Crippen LogP contribution in [0.15, 0.2) is 12.4 Å². The fourth-order valence-electron chi connectivity index (χ4n) is 0.647. The first-order chi connectivity index (χ1) is 6.09. The van der Waals surface area contributed by atoms with Crippen molar-refractivity contribution in [3.8, 4) is 0 Å². The van der Waals surface area contributed by atoms with Gasteiger partial charge in [0, 0.05) is 19.4 Å². The molecule has 7 heteroatoms. The molecule has 1 heterocycles. The number of hydrogen-bond donors (Lipinski definition) is 1. The summed E-state index contributed by atoms with van der Waals surface area (Å²) in [5.74, 6) is 0.159. The van der Waals surface area contributed by atoms with Gasteiger partial charge in [-0.3, -0.25) is 0 Å². The number of nitrogens with zero attached hydrogens (tertiary/aromatic N) is 3. The minimum atomic E-state index is -2.94. The second-order valence-electron chi connectivity index (χ2n) is 2.19. The van der Waals surface area contributed by atoms with Crippen molar-refractivity contribution in [1.82, 2.24) is 9.97 Å². The highest BCUT2D eigenvalue weighted by Crippen LogP contribution is 2.04. The van der Waals surface area contributed by atoms with Crippen molar-refractivity contribution in [2.24, 2.45) is 0 Å². The van der Waals surface area contributed by atoms with E-state index < -0.39 is 11.0 Å². The number of rotatable bonds is 3. The van der Waals surface area contributed by atoms with Crippen LogP contribution in [0.3, 0.4) is 0 Å². The predicted molar refractivity (Wildman–Crippen MR) is 46.3 cm³/mol. The third-order valence-electron chi connectivity index (χ3n) is 1.16. The van der Waals surface area contributed by atoms with Crippen LogP contribution in [0.1, 0.15) is 5.56 Å². The Bertz CT molecular complexity index is 341. The molecule has 71 valence electrons. The molecule has 0 saturated heterocycles. The average molecular weight is 202 g/mol. The van der Waals surface area contributed by atoms with Gasteiger partial charge in [0.2, 0.25) is 0 Å².